The van der Waals surface area contributed by atoms with E-state index in [1.807, 2.05) is 10.6 Å². The first-order chi connectivity index (χ1) is 9.92. The Hall–Kier alpha value is -3.16. The summed E-state index contributed by atoms with van der Waals surface area (Å²) in [6, 6.07) is 2.89. The van der Waals surface area contributed by atoms with Crippen molar-refractivity contribution in [1.29, 1.82) is 0 Å². The first kappa shape index (κ1) is 14.3. The maximum atomic E-state index is 11.6. The minimum atomic E-state index is -0.922. The molecule has 4 amide bonds. The number of benzene rings is 1. The topological polar surface area (TPSA) is 122 Å². The van der Waals surface area contributed by atoms with Crippen LogP contribution in [0.5, 0.6) is 5.75 Å². The van der Waals surface area contributed by atoms with Gasteiger partial charge in [0.1, 0.15) is 11.3 Å². The average Bonchev–Trinajstić information content (AvgIpc) is 2.43. The van der Waals surface area contributed by atoms with Gasteiger partial charge in [0.05, 0.1) is 12.7 Å². The second-order valence-electron chi connectivity index (χ2n) is 4.06. The van der Waals surface area contributed by atoms with Gasteiger partial charge in [-0.15, -0.1) is 0 Å². The molecule has 21 heavy (non-hydrogen) atoms. The van der Waals surface area contributed by atoms with Crippen LogP contribution in [0, 0.1) is 0 Å². The van der Waals surface area contributed by atoms with Crippen LogP contribution >= 0.6 is 0 Å². The van der Waals surface area contributed by atoms with Gasteiger partial charge in [-0.05, 0) is 24.3 Å². The van der Waals surface area contributed by atoms with Crippen LogP contribution in [0.15, 0.2) is 23.8 Å². The van der Waals surface area contributed by atoms with E-state index < -0.39 is 23.8 Å². The third-order valence-corrected chi connectivity index (χ3v) is 2.69. The SMILES string of the molecule is COC(=O)c1ccc(O)c(C=C2C(=O)NC(=O)NC2=O)c1. The van der Waals surface area contributed by atoms with Gasteiger partial charge in [-0.1, -0.05) is 0 Å². The number of amides is 4. The molecule has 1 aromatic carbocycles. The molecule has 1 aliphatic heterocycles. The molecular weight excluding hydrogens is 280 g/mol. The number of nitrogens with one attached hydrogen (secondary N) is 2. The summed E-state index contributed by atoms with van der Waals surface area (Å²) in [4.78, 5) is 45.5. The summed E-state index contributed by atoms with van der Waals surface area (Å²) in [7, 11) is 1.20. The summed E-state index contributed by atoms with van der Waals surface area (Å²) >= 11 is 0. The highest BCUT2D eigenvalue weighted by atomic mass is 16.5. The van der Waals surface area contributed by atoms with Crippen molar-refractivity contribution in [2.75, 3.05) is 7.11 Å². The lowest BCUT2D eigenvalue weighted by Gasteiger charge is -2.14. The second-order valence-corrected chi connectivity index (χ2v) is 4.06. The smallest absolute Gasteiger partial charge is 0.337 e. The summed E-state index contributed by atoms with van der Waals surface area (Å²) in [6.07, 6.45) is 1.07. The summed E-state index contributed by atoms with van der Waals surface area (Å²) in [5, 5.41) is 13.5. The molecule has 2 rings (SSSR count). The number of aromatic hydroxyl groups is 1. The number of imide groups is 2. The fourth-order valence-electron chi connectivity index (χ4n) is 1.68. The molecule has 0 radical (unpaired) electrons. The van der Waals surface area contributed by atoms with Gasteiger partial charge >= 0.3 is 12.0 Å². The number of ether oxygens (including phenoxy) is 1. The molecule has 0 saturated carbocycles. The van der Waals surface area contributed by atoms with Crippen molar-refractivity contribution in [2.24, 2.45) is 0 Å². The van der Waals surface area contributed by atoms with Gasteiger partial charge in [-0.3, -0.25) is 20.2 Å². The van der Waals surface area contributed by atoms with Crippen molar-refractivity contribution >= 4 is 29.9 Å². The van der Waals surface area contributed by atoms with Crippen LogP contribution in [-0.4, -0.2) is 36.0 Å². The molecule has 0 aliphatic carbocycles. The number of esters is 1. The zero-order valence-electron chi connectivity index (χ0n) is 10.8. The highest BCUT2D eigenvalue weighted by Gasteiger charge is 2.28. The molecule has 0 bridgehead atoms. The maximum Gasteiger partial charge on any atom is 0.337 e. The third-order valence-electron chi connectivity index (χ3n) is 2.69. The number of carbonyl (C=O) groups is 4. The van der Waals surface area contributed by atoms with E-state index in [1.54, 1.807) is 0 Å². The Balaban J connectivity index is 2.44. The summed E-state index contributed by atoms with van der Waals surface area (Å²) in [5.74, 6) is -2.67. The number of hydrogen-bond donors (Lipinski definition) is 3. The predicted molar refractivity (Wildman–Crippen MR) is 69.1 cm³/mol. The molecule has 1 heterocycles. The molecule has 8 heteroatoms. The third kappa shape index (κ3) is 2.89. The van der Waals surface area contributed by atoms with Crippen molar-refractivity contribution in [3.63, 3.8) is 0 Å². The predicted octanol–water partition coefficient (Wildman–Crippen LogP) is -0.0718. The minimum absolute atomic E-state index is 0.0625. The van der Waals surface area contributed by atoms with Crippen LogP contribution in [-0.2, 0) is 14.3 Å². The first-order valence-electron chi connectivity index (χ1n) is 5.72. The van der Waals surface area contributed by atoms with E-state index in [4.69, 9.17) is 0 Å². The van der Waals surface area contributed by atoms with Crippen LogP contribution in [0.3, 0.4) is 0 Å². The largest absolute Gasteiger partial charge is 0.507 e. The number of phenolic OH excluding ortho intramolecular Hbond substituents is 1. The lowest BCUT2D eigenvalue weighted by molar-refractivity contribution is -0.123. The maximum absolute atomic E-state index is 11.6. The number of barbiturate groups is 1. The van der Waals surface area contributed by atoms with Gasteiger partial charge < -0.3 is 9.84 Å². The molecule has 0 unspecified atom stereocenters. The lowest BCUT2D eigenvalue weighted by Crippen LogP contribution is -2.51. The van der Waals surface area contributed by atoms with E-state index in [9.17, 15) is 24.3 Å². The molecule has 1 aromatic rings. The van der Waals surface area contributed by atoms with Crippen LogP contribution < -0.4 is 10.6 Å². The van der Waals surface area contributed by atoms with Crippen molar-refractivity contribution in [3.8, 4) is 5.75 Å². The van der Waals surface area contributed by atoms with Crippen molar-refractivity contribution in [1.82, 2.24) is 10.6 Å². The molecule has 108 valence electrons. The Morgan fingerprint density at radius 2 is 1.81 bits per heavy atom. The molecule has 8 nitrogen and oxygen atoms in total. The van der Waals surface area contributed by atoms with E-state index in [0.717, 1.165) is 6.08 Å². The number of methoxy groups -OCH3 is 1. The summed E-state index contributed by atoms with van der Waals surface area (Å²) < 4.78 is 4.53. The Bertz CT molecular complexity index is 670. The number of hydrogen-bond acceptors (Lipinski definition) is 6. The van der Waals surface area contributed by atoms with Gasteiger partial charge in [-0.2, -0.15) is 0 Å². The van der Waals surface area contributed by atoms with Crippen molar-refractivity contribution in [2.45, 2.75) is 0 Å². The molecule has 1 aliphatic rings. The Kier molecular flexibility index (Phi) is 3.70. The highest BCUT2D eigenvalue weighted by Crippen LogP contribution is 2.22. The van der Waals surface area contributed by atoms with E-state index in [0.29, 0.717) is 0 Å². The van der Waals surface area contributed by atoms with Gasteiger partial charge in [0.15, 0.2) is 0 Å². The molecule has 0 atom stereocenters. The molecule has 0 spiro atoms. The zero-order valence-corrected chi connectivity index (χ0v) is 10.8. The van der Waals surface area contributed by atoms with E-state index >= 15 is 0 Å². The van der Waals surface area contributed by atoms with Crippen molar-refractivity contribution < 1.29 is 29.0 Å². The van der Waals surface area contributed by atoms with Crippen LogP contribution in [0.4, 0.5) is 4.79 Å². The van der Waals surface area contributed by atoms with Gasteiger partial charge in [0.2, 0.25) is 0 Å². The highest BCUT2D eigenvalue weighted by molar-refractivity contribution is 6.31. The van der Waals surface area contributed by atoms with Gasteiger partial charge in [-0.25, -0.2) is 9.59 Å². The standard InChI is InChI=1S/C13H10N2O6/c1-21-12(19)6-2-3-9(16)7(4-6)5-8-10(17)14-13(20)15-11(8)18/h2-5,16H,1H3,(H2,14,15,17,18,20). The van der Waals surface area contributed by atoms with Gasteiger partial charge in [0, 0.05) is 5.56 Å². The summed E-state index contributed by atoms with van der Waals surface area (Å²) in [6.45, 7) is 0. The zero-order chi connectivity index (χ0) is 15.6. The van der Waals surface area contributed by atoms with Crippen molar-refractivity contribution in [3.05, 3.63) is 34.9 Å². The average molecular weight is 290 g/mol. The molecule has 3 N–H and O–H groups in total. The monoisotopic (exact) mass is 290 g/mol. The number of rotatable bonds is 2. The Morgan fingerprint density at radius 3 is 2.38 bits per heavy atom. The molecule has 1 saturated heterocycles. The lowest BCUT2D eigenvalue weighted by atomic mass is 10.0. The fraction of sp³-hybridized carbons (Fsp3) is 0.0769. The van der Waals surface area contributed by atoms with E-state index in [-0.39, 0.29) is 22.4 Å². The Labute approximate surface area is 118 Å². The van der Waals surface area contributed by atoms with Crippen LogP contribution in [0.2, 0.25) is 0 Å². The molecular formula is C13H10N2O6. The van der Waals surface area contributed by atoms with Gasteiger partial charge in [0.25, 0.3) is 11.8 Å². The molecule has 0 aromatic heterocycles. The quantitative estimate of drug-likeness (QED) is 0.398. The number of phenols is 1. The second kappa shape index (κ2) is 5.45. The van der Waals surface area contributed by atoms with Crippen LogP contribution in [0.1, 0.15) is 15.9 Å². The fourth-order valence-corrected chi connectivity index (χ4v) is 1.68. The summed E-state index contributed by atoms with van der Waals surface area (Å²) in [5.41, 5.74) is -0.172. The van der Waals surface area contributed by atoms with E-state index in [2.05, 4.69) is 4.74 Å². The number of urea groups is 1. The Morgan fingerprint density at radius 1 is 1.19 bits per heavy atom. The molecule has 1 fully saturated rings. The van der Waals surface area contributed by atoms with Crippen LogP contribution in [0.25, 0.3) is 6.08 Å². The first-order valence-corrected chi connectivity index (χ1v) is 5.72. The normalized spacial score (nSPS) is 14.3. The minimum Gasteiger partial charge on any atom is -0.507 e. The number of carbonyl (C=O) groups excluding carboxylic acids is 4. The van der Waals surface area contributed by atoms with E-state index in [1.165, 1.54) is 25.3 Å².